The van der Waals surface area contributed by atoms with Crippen LogP contribution in [0.25, 0.3) is 11.0 Å². The number of hydrogen-bond acceptors (Lipinski definition) is 6. The minimum Gasteiger partial charge on any atom is -0.382 e. The van der Waals surface area contributed by atoms with Gasteiger partial charge in [0, 0.05) is 38.3 Å². The van der Waals surface area contributed by atoms with Crippen molar-refractivity contribution in [2.45, 2.75) is 33.2 Å². The molecule has 0 bridgehead atoms. The van der Waals surface area contributed by atoms with Crippen LogP contribution in [0.15, 0.2) is 6.07 Å². The predicted octanol–water partition coefficient (Wildman–Crippen LogP) is 1.33. The van der Waals surface area contributed by atoms with Gasteiger partial charge in [-0.2, -0.15) is 0 Å². The van der Waals surface area contributed by atoms with Gasteiger partial charge in [-0.15, -0.1) is 0 Å². The lowest BCUT2D eigenvalue weighted by atomic mass is 10.3. The highest BCUT2D eigenvalue weighted by atomic mass is 16.5. The number of anilines is 1. The van der Waals surface area contributed by atoms with Crippen LogP contribution in [0, 0.1) is 6.92 Å². The fourth-order valence-electron chi connectivity index (χ4n) is 3.35. The molecule has 2 amide bonds. The Labute approximate surface area is 165 Å². The smallest absolute Gasteiger partial charge is 0.317 e. The quantitative estimate of drug-likeness (QED) is 0.659. The molecule has 1 aliphatic heterocycles. The van der Waals surface area contributed by atoms with Gasteiger partial charge in [-0.25, -0.2) is 14.8 Å². The van der Waals surface area contributed by atoms with Crippen LogP contribution in [0.3, 0.4) is 0 Å². The number of morpholine rings is 1. The van der Waals surface area contributed by atoms with Crippen LogP contribution >= 0.6 is 0 Å². The molecule has 9 nitrogen and oxygen atoms in total. The normalized spacial score (nSPS) is 14.6. The molecular weight excluding hydrogens is 360 g/mol. The van der Waals surface area contributed by atoms with E-state index in [1.807, 2.05) is 13.0 Å². The molecule has 1 aliphatic rings. The Kier molecular flexibility index (Phi) is 7.05. The van der Waals surface area contributed by atoms with Crippen molar-refractivity contribution in [1.29, 1.82) is 0 Å². The van der Waals surface area contributed by atoms with Gasteiger partial charge in [0.1, 0.15) is 11.3 Å². The summed E-state index contributed by atoms with van der Waals surface area (Å²) in [6, 6.07) is 1.96. The summed E-state index contributed by atoms with van der Waals surface area (Å²) >= 11 is 0. The van der Waals surface area contributed by atoms with Crippen molar-refractivity contribution in [2.75, 3.05) is 51.8 Å². The van der Waals surface area contributed by atoms with E-state index in [9.17, 15) is 4.79 Å². The summed E-state index contributed by atoms with van der Waals surface area (Å²) in [5, 5.41) is 2.88. The summed E-state index contributed by atoms with van der Waals surface area (Å²) < 4.78 is 13.1. The minimum atomic E-state index is -0.0591. The number of aromatic nitrogens is 3. The van der Waals surface area contributed by atoms with Crippen LogP contribution in [-0.2, 0) is 22.4 Å². The predicted molar refractivity (Wildman–Crippen MR) is 107 cm³/mol. The zero-order valence-corrected chi connectivity index (χ0v) is 16.7. The molecule has 0 aromatic carbocycles. The highest BCUT2D eigenvalue weighted by Crippen LogP contribution is 2.22. The second-order valence-corrected chi connectivity index (χ2v) is 6.89. The number of fused-ring (bicyclic) bond motifs is 1. The van der Waals surface area contributed by atoms with E-state index in [4.69, 9.17) is 15.2 Å². The molecule has 28 heavy (non-hydrogen) atoms. The Morgan fingerprint density at radius 2 is 2.11 bits per heavy atom. The van der Waals surface area contributed by atoms with E-state index in [1.54, 1.807) is 4.90 Å². The lowest BCUT2D eigenvalue weighted by Gasteiger charge is -2.26. The topological polar surface area (TPSA) is 108 Å². The first kappa shape index (κ1) is 20.3. The Balaban J connectivity index is 1.49. The lowest BCUT2D eigenvalue weighted by Crippen LogP contribution is -2.46. The van der Waals surface area contributed by atoms with Gasteiger partial charge >= 0.3 is 6.03 Å². The molecule has 3 N–H and O–H groups in total. The molecular formula is C19H30N6O3. The van der Waals surface area contributed by atoms with E-state index in [2.05, 4.69) is 26.8 Å². The molecule has 2 aromatic rings. The summed E-state index contributed by atoms with van der Waals surface area (Å²) in [5.74, 6) is 1.47. The van der Waals surface area contributed by atoms with E-state index < -0.39 is 0 Å². The lowest BCUT2D eigenvalue weighted by molar-refractivity contribution is 0.0523. The number of hydrogen-bond donors (Lipinski definition) is 2. The third kappa shape index (κ3) is 4.90. The monoisotopic (exact) mass is 390 g/mol. The van der Waals surface area contributed by atoms with Gasteiger partial charge < -0.3 is 30.0 Å². The summed E-state index contributed by atoms with van der Waals surface area (Å²) in [6.45, 7) is 8.71. The number of pyridine rings is 1. The molecule has 9 heteroatoms. The van der Waals surface area contributed by atoms with Crippen molar-refractivity contribution in [1.82, 2.24) is 24.8 Å². The third-order valence-corrected chi connectivity index (χ3v) is 4.72. The highest BCUT2D eigenvalue weighted by Gasteiger charge is 2.16. The largest absolute Gasteiger partial charge is 0.382 e. The number of nitrogen functional groups attached to an aromatic ring is 1. The fraction of sp³-hybridized carbons (Fsp3) is 0.632. The van der Waals surface area contributed by atoms with Crippen molar-refractivity contribution >= 4 is 22.9 Å². The second-order valence-electron chi connectivity index (χ2n) is 6.89. The summed E-state index contributed by atoms with van der Waals surface area (Å²) in [6.07, 6.45) is 1.88. The average Bonchev–Trinajstić information content (AvgIpc) is 3.03. The number of urea groups is 1. The zero-order valence-electron chi connectivity index (χ0n) is 16.7. The molecule has 2 aromatic heterocycles. The molecule has 1 fully saturated rings. The van der Waals surface area contributed by atoms with Crippen molar-refractivity contribution in [3.05, 3.63) is 17.6 Å². The first-order chi connectivity index (χ1) is 13.6. The summed E-state index contributed by atoms with van der Waals surface area (Å²) in [5.41, 5.74) is 8.68. The van der Waals surface area contributed by atoms with E-state index in [0.717, 1.165) is 35.4 Å². The van der Waals surface area contributed by atoms with Crippen molar-refractivity contribution in [3.8, 4) is 0 Å². The van der Waals surface area contributed by atoms with Crippen LogP contribution < -0.4 is 11.1 Å². The number of amides is 2. The van der Waals surface area contributed by atoms with Crippen LogP contribution in [0.4, 0.5) is 10.6 Å². The number of ether oxygens (including phenoxy) is 2. The summed E-state index contributed by atoms with van der Waals surface area (Å²) in [4.78, 5) is 22.8. The van der Waals surface area contributed by atoms with Gasteiger partial charge in [-0.1, -0.05) is 6.92 Å². The van der Waals surface area contributed by atoms with E-state index in [0.29, 0.717) is 58.4 Å². The maximum atomic E-state index is 12.0. The van der Waals surface area contributed by atoms with E-state index >= 15 is 0 Å². The average molecular weight is 390 g/mol. The van der Waals surface area contributed by atoms with Crippen molar-refractivity contribution in [3.63, 3.8) is 0 Å². The number of nitrogens with two attached hydrogens (primary N) is 1. The molecule has 0 aliphatic carbocycles. The van der Waals surface area contributed by atoms with Gasteiger partial charge in [-0.05, 0) is 19.4 Å². The molecule has 0 saturated carbocycles. The number of carbonyl (C=O) groups excluding carboxylic acids is 1. The van der Waals surface area contributed by atoms with Gasteiger partial charge in [0.15, 0.2) is 5.82 Å². The summed E-state index contributed by atoms with van der Waals surface area (Å²) in [7, 11) is 0. The second kappa shape index (κ2) is 9.70. The Hall–Kier alpha value is -2.39. The first-order valence-electron chi connectivity index (χ1n) is 9.90. The first-order valence-corrected chi connectivity index (χ1v) is 9.90. The molecule has 0 spiro atoms. The van der Waals surface area contributed by atoms with Crippen LogP contribution in [0.2, 0.25) is 0 Å². The zero-order chi connectivity index (χ0) is 19.9. The van der Waals surface area contributed by atoms with Gasteiger partial charge in [0.05, 0.1) is 31.9 Å². The third-order valence-electron chi connectivity index (χ3n) is 4.72. The molecule has 0 atom stereocenters. The minimum absolute atomic E-state index is 0.0591. The fourth-order valence-corrected chi connectivity index (χ4v) is 3.35. The molecule has 3 rings (SSSR count). The van der Waals surface area contributed by atoms with Crippen LogP contribution in [-0.4, -0.2) is 71.5 Å². The van der Waals surface area contributed by atoms with Gasteiger partial charge in [0.25, 0.3) is 0 Å². The molecule has 0 unspecified atom stereocenters. The highest BCUT2D eigenvalue weighted by molar-refractivity contribution is 5.85. The number of rotatable bonds is 8. The Morgan fingerprint density at radius 3 is 2.86 bits per heavy atom. The molecule has 154 valence electrons. The van der Waals surface area contributed by atoms with Gasteiger partial charge in [-0.3, -0.25) is 0 Å². The number of nitrogens with one attached hydrogen (secondary N) is 1. The number of carbonyl (C=O) groups is 1. The molecule has 1 saturated heterocycles. The van der Waals surface area contributed by atoms with Crippen LogP contribution in [0.5, 0.6) is 0 Å². The van der Waals surface area contributed by atoms with E-state index in [-0.39, 0.29) is 6.03 Å². The van der Waals surface area contributed by atoms with Gasteiger partial charge in [0.2, 0.25) is 0 Å². The Morgan fingerprint density at radius 1 is 1.32 bits per heavy atom. The standard InChI is InChI=1S/C19H30N6O3/c1-3-4-16-23-17-15(13-14(2)22-18(17)20)25(16)8-12-27-9-5-21-19(26)24-6-10-28-11-7-24/h13H,3-12H2,1-2H3,(H2,20,22)(H,21,26). The maximum absolute atomic E-state index is 12.0. The van der Waals surface area contributed by atoms with Crippen molar-refractivity contribution in [2.24, 2.45) is 0 Å². The van der Waals surface area contributed by atoms with E-state index in [1.165, 1.54) is 0 Å². The van der Waals surface area contributed by atoms with Crippen molar-refractivity contribution < 1.29 is 14.3 Å². The van der Waals surface area contributed by atoms with Crippen LogP contribution in [0.1, 0.15) is 24.9 Å². The number of nitrogens with zero attached hydrogens (tertiary/aromatic N) is 4. The molecule has 0 radical (unpaired) electrons. The maximum Gasteiger partial charge on any atom is 0.317 e. The number of aryl methyl sites for hydroxylation is 2. The SMILES string of the molecule is CCCc1nc2c(N)nc(C)cc2n1CCOCCNC(=O)N1CCOCC1. The number of imidazole rings is 1. The Bertz CT molecular complexity index is 801. The molecule has 3 heterocycles.